The lowest BCUT2D eigenvalue weighted by atomic mass is 9.87. The van der Waals surface area contributed by atoms with E-state index >= 15 is 0 Å². The van der Waals surface area contributed by atoms with Crippen molar-refractivity contribution in [3.8, 4) is 0 Å². The van der Waals surface area contributed by atoms with Crippen LogP contribution in [0.1, 0.15) is 31.2 Å². The fraction of sp³-hybridized carbons (Fsp3) is 0.500. The van der Waals surface area contributed by atoms with Crippen LogP contribution in [-0.2, 0) is 16.1 Å². The predicted molar refractivity (Wildman–Crippen MR) is 72.3 cm³/mol. The Morgan fingerprint density at radius 3 is 2.68 bits per heavy atom. The predicted octanol–water partition coefficient (Wildman–Crippen LogP) is 3.75. The maximum Gasteiger partial charge on any atom is 0.306 e. The van der Waals surface area contributed by atoms with Crippen molar-refractivity contribution in [1.29, 1.82) is 0 Å². The Morgan fingerprint density at radius 2 is 2.05 bits per heavy atom. The highest BCUT2D eigenvalue weighted by Crippen LogP contribution is 2.28. The van der Waals surface area contributed by atoms with Crippen LogP contribution in [0.4, 0.5) is 4.39 Å². The molecule has 1 aromatic rings. The van der Waals surface area contributed by atoms with Crippen molar-refractivity contribution in [3.05, 3.63) is 34.1 Å². The number of hydrogen-bond donors (Lipinski definition) is 1. The van der Waals surface area contributed by atoms with E-state index < -0.39 is 5.97 Å². The Balaban J connectivity index is 1.83. The first-order valence-electron chi connectivity index (χ1n) is 6.34. The van der Waals surface area contributed by atoms with Gasteiger partial charge in [-0.3, -0.25) is 4.79 Å². The molecule has 1 aliphatic rings. The molecule has 0 radical (unpaired) electrons. The van der Waals surface area contributed by atoms with Gasteiger partial charge in [0, 0.05) is 4.47 Å². The van der Waals surface area contributed by atoms with Gasteiger partial charge in [0.05, 0.1) is 18.6 Å². The van der Waals surface area contributed by atoms with Crippen LogP contribution < -0.4 is 0 Å². The van der Waals surface area contributed by atoms with Crippen LogP contribution in [0, 0.1) is 11.7 Å². The van der Waals surface area contributed by atoms with E-state index in [2.05, 4.69) is 15.9 Å². The number of aliphatic carboxylic acids is 1. The maximum absolute atomic E-state index is 13.1. The number of benzene rings is 1. The van der Waals surface area contributed by atoms with Crippen molar-refractivity contribution >= 4 is 21.9 Å². The van der Waals surface area contributed by atoms with Gasteiger partial charge in [0.15, 0.2) is 0 Å². The normalized spacial score (nSPS) is 23.3. The lowest BCUT2D eigenvalue weighted by molar-refractivity contribution is -0.143. The van der Waals surface area contributed by atoms with Crippen LogP contribution >= 0.6 is 15.9 Å². The Bertz CT molecular complexity index is 456. The van der Waals surface area contributed by atoms with Crippen LogP contribution in [0.5, 0.6) is 0 Å². The third-order valence-electron chi connectivity index (χ3n) is 3.51. The molecular formula is C14H16BrFO3. The summed E-state index contributed by atoms with van der Waals surface area (Å²) in [5.41, 5.74) is 0.778. The molecule has 1 fully saturated rings. The van der Waals surface area contributed by atoms with E-state index in [0.717, 1.165) is 22.9 Å². The molecule has 0 amide bonds. The Labute approximate surface area is 119 Å². The van der Waals surface area contributed by atoms with Crippen molar-refractivity contribution < 1.29 is 19.0 Å². The minimum Gasteiger partial charge on any atom is -0.481 e. The van der Waals surface area contributed by atoms with Gasteiger partial charge >= 0.3 is 5.97 Å². The standard InChI is InChI=1S/C14H16BrFO3/c15-13-6-3-11(16)7-10(13)8-19-12-4-1-9(2-5-12)14(17)18/h3,6-7,9,12H,1-2,4-5,8H2,(H,17,18). The zero-order valence-electron chi connectivity index (χ0n) is 10.4. The van der Waals surface area contributed by atoms with Gasteiger partial charge in [0.1, 0.15) is 5.82 Å². The van der Waals surface area contributed by atoms with E-state index in [9.17, 15) is 9.18 Å². The second-order valence-corrected chi connectivity index (χ2v) is 5.71. The lowest BCUT2D eigenvalue weighted by Gasteiger charge is -2.26. The van der Waals surface area contributed by atoms with E-state index in [4.69, 9.17) is 9.84 Å². The monoisotopic (exact) mass is 330 g/mol. The van der Waals surface area contributed by atoms with Gasteiger partial charge in [-0.05, 0) is 49.4 Å². The molecular weight excluding hydrogens is 315 g/mol. The highest BCUT2D eigenvalue weighted by atomic mass is 79.9. The third-order valence-corrected chi connectivity index (χ3v) is 4.28. The Hall–Kier alpha value is -0.940. The molecule has 1 aromatic carbocycles. The summed E-state index contributed by atoms with van der Waals surface area (Å²) in [5, 5.41) is 8.91. The topological polar surface area (TPSA) is 46.5 Å². The molecule has 1 N–H and O–H groups in total. The van der Waals surface area contributed by atoms with Gasteiger partial charge in [-0.15, -0.1) is 0 Å². The summed E-state index contributed by atoms with van der Waals surface area (Å²) in [4.78, 5) is 10.8. The van der Waals surface area contributed by atoms with Gasteiger partial charge in [-0.2, -0.15) is 0 Å². The first kappa shape index (κ1) is 14.5. The van der Waals surface area contributed by atoms with Crippen molar-refractivity contribution in [2.24, 2.45) is 5.92 Å². The van der Waals surface area contributed by atoms with E-state index in [1.807, 2.05) is 0 Å². The summed E-state index contributed by atoms with van der Waals surface area (Å²) >= 11 is 3.36. The number of carbonyl (C=O) groups is 1. The summed E-state index contributed by atoms with van der Waals surface area (Å²) in [7, 11) is 0. The average molecular weight is 331 g/mol. The van der Waals surface area contributed by atoms with E-state index in [1.165, 1.54) is 12.1 Å². The van der Waals surface area contributed by atoms with Crippen LogP contribution in [0.25, 0.3) is 0 Å². The summed E-state index contributed by atoms with van der Waals surface area (Å²) in [6, 6.07) is 4.51. The van der Waals surface area contributed by atoms with Crippen molar-refractivity contribution in [2.45, 2.75) is 38.4 Å². The van der Waals surface area contributed by atoms with Gasteiger partial charge < -0.3 is 9.84 Å². The molecule has 1 saturated carbocycles. The van der Waals surface area contributed by atoms with Gasteiger partial charge in [0.25, 0.3) is 0 Å². The molecule has 2 rings (SSSR count). The third kappa shape index (κ3) is 4.01. The molecule has 0 spiro atoms. The highest BCUT2D eigenvalue weighted by Gasteiger charge is 2.26. The fourth-order valence-corrected chi connectivity index (χ4v) is 2.70. The quantitative estimate of drug-likeness (QED) is 0.914. The minimum atomic E-state index is -0.716. The molecule has 0 saturated heterocycles. The van der Waals surface area contributed by atoms with Crippen LogP contribution in [0.2, 0.25) is 0 Å². The van der Waals surface area contributed by atoms with Crippen molar-refractivity contribution in [1.82, 2.24) is 0 Å². The molecule has 5 heteroatoms. The summed E-state index contributed by atoms with van der Waals surface area (Å²) in [6.45, 7) is 0.348. The molecule has 1 aliphatic carbocycles. The maximum atomic E-state index is 13.1. The first-order valence-corrected chi connectivity index (χ1v) is 7.14. The molecule has 0 bridgehead atoms. The summed E-state index contributed by atoms with van der Waals surface area (Å²) in [6.07, 6.45) is 2.90. The van der Waals surface area contributed by atoms with Crippen LogP contribution in [-0.4, -0.2) is 17.2 Å². The fourth-order valence-electron chi connectivity index (χ4n) is 2.34. The number of ether oxygens (including phenoxy) is 1. The van der Waals surface area contributed by atoms with Gasteiger partial charge in [0.2, 0.25) is 0 Å². The Morgan fingerprint density at radius 1 is 1.37 bits per heavy atom. The van der Waals surface area contributed by atoms with Crippen LogP contribution in [0.3, 0.4) is 0 Å². The number of carboxylic acid groups (broad SMARTS) is 1. The molecule has 0 aliphatic heterocycles. The SMILES string of the molecule is O=C(O)C1CCC(OCc2cc(F)ccc2Br)CC1. The molecule has 0 heterocycles. The highest BCUT2D eigenvalue weighted by molar-refractivity contribution is 9.10. The summed E-state index contributed by atoms with van der Waals surface area (Å²) < 4.78 is 19.7. The second kappa shape index (κ2) is 6.48. The van der Waals surface area contributed by atoms with Gasteiger partial charge in [-0.25, -0.2) is 4.39 Å². The number of carboxylic acids is 1. The average Bonchev–Trinajstić information content (AvgIpc) is 2.40. The lowest BCUT2D eigenvalue weighted by Crippen LogP contribution is -2.26. The largest absolute Gasteiger partial charge is 0.481 e. The molecule has 0 unspecified atom stereocenters. The van der Waals surface area contributed by atoms with E-state index in [0.29, 0.717) is 19.4 Å². The number of hydrogen-bond acceptors (Lipinski definition) is 2. The smallest absolute Gasteiger partial charge is 0.306 e. The molecule has 104 valence electrons. The molecule has 0 aromatic heterocycles. The first-order chi connectivity index (χ1) is 9.06. The Kier molecular flexibility index (Phi) is 4.93. The van der Waals surface area contributed by atoms with Gasteiger partial charge in [-0.1, -0.05) is 15.9 Å². The summed E-state index contributed by atoms with van der Waals surface area (Å²) in [5.74, 6) is -1.23. The molecule has 19 heavy (non-hydrogen) atoms. The van der Waals surface area contributed by atoms with E-state index in [-0.39, 0.29) is 17.8 Å². The van der Waals surface area contributed by atoms with Crippen LogP contribution in [0.15, 0.2) is 22.7 Å². The molecule has 0 atom stereocenters. The zero-order chi connectivity index (χ0) is 13.8. The van der Waals surface area contributed by atoms with Crippen molar-refractivity contribution in [2.75, 3.05) is 0 Å². The molecule has 3 nitrogen and oxygen atoms in total. The number of halogens is 2. The second-order valence-electron chi connectivity index (χ2n) is 4.86. The van der Waals surface area contributed by atoms with Crippen molar-refractivity contribution in [3.63, 3.8) is 0 Å². The van der Waals surface area contributed by atoms with E-state index in [1.54, 1.807) is 6.07 Å². The zero-order valence-corrected chi connectivity index (χ0v) is 12.0. The minimum absolute atomic E-state index is 0.0748. The number of rotatable bonds is 4.